The van der Waals surface area contributed by atoms with Gasteiger partial charge in [-0.25, -0.2) is 9.37 Å². The van der Waals surface area contributed by atoms with Crippen molar-refractivity contribution in [2.24, 2.45) is 5.92 Å². The third-order valence-corrected chi connectivity index (χ3v) is 8.82. The molecule has 0 saturated heterocycles. The van der Waals surface area contributed by atoms with Crippen LogP contribution in [0.15, 0.2) is 73.2 Å². The van der Waals surface area contributed by atoms with Crippen LogP contribution in [0.2, 0.25) is 0 Å². The van der Waals surface area contributed by atoms with Crippen LogP contribution in [0, 0.1) is 11.7 Å². The highest BCUT2D eigenvalue weighted by Crippen LogP contribution is 2.36. The first-order valence-electron chi connectivity index (χ1n) is 15.9. The van der Waals surface area contributed by atoms with Crippen molar-refractivity contribution in [1.82, 2.24) is 30.0 Å². The van der Waals surface area contributed by atoms with Crippen LogP contribution in [0.25, 0.3) is 55.6 Å². The number of anilines is 1. The molecule has 4 aromatic heterocycles. The molecule has 0 spiro atoms. The first kappa shape index (κ1) is 29.9. The van der Waals surface area contributed by atoms with Crippen molar-refractivity contribution in [3.05, 3.63) is 79.0 Å². The Morgan fingerprint density at radius 1 is 0.978 bits per heavy atom. The Labute approximate surface area is 266 Å². The lowest BCUT2D eigenvalue weighted by atomic mass is 9.88. The summed E-state index contributed by atoms with van der Waals surface area (Å²) in [6.07, 6.45) is 10.4. The largest absolute Gasteiger partial charge is 0.492 e. The number of fused-ring (bicyclic) bond motifs is 2. The molecule has 0 radical (unpaired) electrons. The smallest absolute Gasteiger partial charge is 0.138 e. The summed E-state index contributed by atoms with van der Waals surface area (Å²) in [6, 6.07) is 16.9. The lowest BCUT2D eigenvalue weighted by molar-refractivity contribution is 0.109. The van der Waals surface area contributed by atoms with E-state index in [2.05, 4.69) is 36.5 Å². The zero-order chi connectivity index (χ0) is 31.6. The summed E-state index contributed by atoms with van der Waals surface area (Å²) in [4.78, 5) is 14.5. The second-order valence-electron chi connectivity index (χ2n) is 12.4. The van der Waals surface area contributed by atoms with Gasteiger partial charge < -0.3 is 25.0 Å². The molecule has 2 aromatic carbocycles. The first-order valence-corrected chi connectivity index (χ1v) is 15.9. The van der Waals surface area contributed by atoms with Crippen molar-refractivity contribution in [2.45, 2.75) is 38.3 Å². The maximum Gasteiger partial charge on any atom is 0.138 e. The number of hydrogen-bond acceptors (Lipinski definition) is 7. The van der Waals surface area contributed by atoms with E-state index in [0.717, 1.165) is 69.4 Å². The average molecular weight is 620 g/mol. The van der Waals surface area contributed by atoms with E-state index in [1.807, 2.05) is 61.6 Å². The number of ether oxygens (including phenoxy) is 1. The maximum absolute atomic E-state index is 14.7. The number of nitrogens with zero attached hydrogens (tertiary/aromatic N) is 4. The fourth-order valence-corrected chi connectivity index (χ4v) is 6.37. The van der Waals surface area contributed by atoms with Crippen LogP contribution in [-0.4, -0.2) is 68.6 Å². The van der Waals surface area contributed by atoms with Gasteiger partial charge in [-0.1, -0.05) is 25.3 Å². The van der Waals surface area contributed by atoms with Gasteiger partial charge >= 0.3 is 0 Å². The van der Waals surface area contributed by atoms with Crippen molar-refractivity contribution in [3.63, 3.8) is 0 Å². The van der Waals surface area contributed by atoms with E-state index >= 15 is 0 Å². The average Bonchev–Trinajstić information content (AvgIpc) is 3.69. The molecule has 236 valence electrons. The molecular formula is C36H38FN7O2. The van der Waals surface area contributed by atoms with E-state index in [1.54, 1.807) is 12.4 Å². The Morgan fingerprint density at radius 2 is 1.85 bits per heavy atom. The highest BCUT2D eigenvalue weighted by molar-refractivity contribution is 6.00. The molecule has 6 aromatic rings. The van der Waals surface area contributed by atoms with Gasteiger partial charge in [-0.05, 0) is 86.1 Å². The Hall–Kier alpha value is -4.80. The summed E-state index contributed by atoms with van der Waals surface area (Å²) < 4.78 is 20.5. The van der Waals surface area contributed by atoms with Crippen LogP contribution in [0.3, 0.4) is 0 Å². The Balaban J connectivity index is 1.19. The third kappa shape index (κ3) is 6.31. The highest BCUT2D eigenvalue weighted by Gasteiger charge is 2.22. The molecule has 1 atom stereocenters. The summed E-state index contributed by atoms with van der Waals surface area (Å²) in [6.45, 7) is 1.19. The summed E-state index contributed by atoms with van der Waals surface area (Å²) in [5.41, 5.74) is 7.38. The molecule has 10 heteroatoms. The van der Waals surface area contributed by atoms with E-state index in [-0.39, 0.29) is 11.7 Å². The number of hydrogen-bond donors (Lipinski definition) is 4. The number of pyridine rings is 2. The summed E-state index contributed by atoms with van der Waals surface area (Å²) in [5.74, 6) is 0.389. The van der Waals surface area contributed by atoms with E-state index in [1.165, 1.54) is 31.4 Å². The van der Waals surface area contributed by atoms with Crippen LogP contribution in [-0.2, 0) is 0 Å². The molecule has 0 aliphatic heterocycles. The van der Waals surface area contributed by atoms with Crippen molar-refractivity contribution < 1.29 is 14.2 Å². The van der Waals surface area contributed by atoms with Crippen molar-refractivity contribution in [3.8, 4) is 39.4 Å². The van der Waals surface area contributed by atoms with Gasteiger partial charge in [0.25, 0.3) is 0 Å². The van der Waals surface area contributed by atoms with Gasteiger partial charge in [0.1, 0.15) is 35.7 Å². The van der Waals surface area contributed by atoms with E-state index in [4.69, 9.17) is 4.74 Å². The molecule has 46 heavy (non-hydrogen) atoms. The second-order valence-corrected chi connectivity index (χ2v) is 12.4. The number of aromatic nitrogens is 5. The Kier molecular flexibility index (Phi) is 8.38. The number of nitrogens with one attached hydrogen (secondary N) is 3. The van der Waals surface area contributed by atoms with Crippen LogP contribution in [0.1, 0.15) is 32.1 Å². The third-order valence-electron chi connectivity index (χ3n) is 8.82. The molecular weight excluding hydrogens is 581 g/mol. The number of benzene rings is 2. The fraction of sp³-hybridized carbons (Fsp3) is 0.306. The molecule has 9 nitrogen and oxygen atoms in total. The van der Waals surface area contributed by atoms with Gasteiger partial charge in [0.2, 0.25) is 0 Å². The number of aliphatic hydroxyl groups is 1. The first-order chi connectivity index (χ1) is 22.4. The molecule has 4 N–H and O–H groups in total. The predicted molar refractivity (Wildman–Crippen MR) is 180 cm³/mol. The molecule has 0 amide bonds. The zero-order valence-electron chi connectivity index (χ0n) is 26.1. The molecule has 1 fully saturated rings. The Bertz CT molecular complexity index is 1980. The molecule has 1 aliphatic carbocycles. The summed E-state index contributed by atoms with van der Waals surface area (Å²) >= 11 is 0. The summed E-state index contributed by atoms with van der Waals surface area (Å²) in [5, 5.41) is 23.7. The molecule has 0 bridgehead atoms. The maximum atomic E-state index is 14.7. The number of aromatic amines is 2. The second kappa shape index (κ2) is 12.9. The summed E-state index contributed by atoms with van der Waals surface area (Å²) in [7, 11) is 3.94. The van der Waals surface area contributed by atoms with Gasteiger partial charge in [-0.3, -0.25) is 10.1 Å². The van der Waals surface area contributed by atoms with Gasteiger partial charge in [0, 0.05) is 47.3 Å². The number of rotatable bonds is 10. The number of aliphatic hydroxyl groups excluding tert-OH is 1. The molecule has 1 aliphatic rings. The lowest BCUT2D eigenvalue weighted by Crippen LogP contribution is -2.30. The fourth-order valence-electron chi connectivity index (χ4n) is 6.37. The minimum Gasteiger partial charge on any atom is -0.492 e. The van der Waals surface area contributed by atoms with Crippen LogP contribution in [0.5, 0.6) is 5.75 Å². The highest BCUT2D eigenvalue weighted by atomic mass is 19.1. The van der Waals surface area contributed by atoms with Crippen molar-refractivity contribution >= 4 is 27.6 Å². The van der Waals surface area contributed by atoms with E-state index < -0.39 is 6.23 Å². The van der Waals surface area contributed by atoms with E-state index in [0.29, 0.717) is 23.6 Å². The Morgan fingerprint density at radius 3 is 2.70 bits per heavy atom. The monoisotopic (exact) mass is 619 g/mol. The van der Waals surface area contributed by atoms with Crippen LogP contribution >= 0.6 is 0 Å². The lowest BCUT2D eigenvalue weighted by Gasteiger charge is -2.27. The SMILES string of the molecule is CN(C)CCOc1cc(F)cc(-c2ccnc3[nH]c(-c4n[nH]c5ccc(-c6cncc(NC(O)C7CCCCC7)c6)cc45)cc23)c1. The molecule has 7 rings (SSSR count). The van der Waals surface area contributed by atoms with Gasteiger partial charge in [-0.2, -0.15) is 5.10 Å². The van der Waals surface area contributed by atoms with Gasteiger partial charge in [0.05, 0.1) is 23.1 Å². The predicted octanol–water partition coefficient (Wildman–Crippen LogP) is 7.23. The molecule has 4 heterocycles. The number of halogens is 1. The normalized spacial score (nSPS) is 14.7. The number of H-pyrrole nitrogens is 2. The standard InChI is InChI=1S/C36H38FN7O2/c1-44(2)12-13-46-28-16-24(14-26(37)18-28)29-10-11-39-35-30(29)19-33(41-35)34-31-17-23(8-9-32(31)42-43-34)25-15-27(21-38-20-25)40-36(45)22-6-4-3-5-7-22/h8-11,14-22,36,40,45H,3-7,12-13H2,1-2H3,(H,39,41)(H,42,43). The van der Waals surface area contributed by atoms with Gasteiger partial charge in [0.15, 0.2) is 0 Å². The topological polar surface area (TPSA) is 115 Å². The minimum atomic E-state index is -0.588. The minimum absolute atomic E-state index is 0.262. The molecule has 1 saturated carbocycles. The van der Waals surface area contributed by atoms with Crippen LogP contribution in [0.4, 0.5) is 10.1 Å². The zero-order valence-corrected chi connectivity index (χ0v) is 26.1. The van der Waals surface area contributed by atoms with Crippen molar-refractivity contribution in [1.29, 1.82) is 0 Å². The molecule has 1 unspecified atom stereocenters. The van der Waals surface area contributed by atoms with E-state index in [9.17, 15) is 9.50 Å². The van der Waals surface area contributed by atoms with Gasteiger partial charge in [-0.15, -0.1) is 0 Å². The van der Waals surface area contributed by atoms with Crippen LogP contribution < -0.4 is 10.1 Å². The quantitative estimate of drug-likeness (QED) is 0.120. The van der Waals surface area contributed by atoms with Crippen molar-refractivity contribution in [2.75, 3.05) is 32.6 Å². The number of likely N-dealkylation sites (N-methyl/N-ethyl adjacent to an activating group) is 1.